The van der Waals surface area contributed by atoms with Crippen molar-refractivity contribution < 1.29 is 14.4 Å². The summed E-state index contributed by atoms with van der Waals surface area (Å²) >= 11 is 0. The van der Waals surface area contributed by atoms with Crippen LogP contribution in [-0.2, 0) is 16.0 Å². The van der Waals surface area contributed by atoms with Gasteiger partial charge in [0.05, 0.1) is 6.04 Å². The molecule has 1 aromatic rings. The van der Waals surface area contributed by atoms with Gasteiger partial charge in [0.15, 0.2) is 0 Å². The summed E-state index contributed by atoms with van der Waals surface area (Å²) in [6, 6.07) is 5.85. The number of anilines is 1. The normalized spacial score (nSPS) is 20.6. The molecule has 0 aromatic heterocycles. The van der Waals surface area contributed by atoms with Gasteiger partial charge >= 0.3 is 0 Å². The van der Waals surface area contributed by atoms with Gasteiger partial charge in [-0.25, -0.2) is 0 Å². The molecule has 1 aliphatic carbocycles. The van der Waals surface area contributed by atoms with Crippen molar-refractivity contribution in [3.8, 4) is 0 Å². The van der Waals surface area contributed by atoms with Crippen LogP contribution in [0.2, 0.25) is 0 Å². The van der Waals surface area contributed by atoms with Crippen LogP contribution in [0.25, 0.3) is 0 Å². The van der Waals surface area contributed by atoms with Crippen LogP contribution < -0.4 is 10.2 Å². The number of nitrogens with one attached hydrogen (secondary N) is 1. The molecule has 0 bridgehead atoms. The Bertz CT molecular complexity index is 797. The molecule has 4 rings (SSSR count). The molecular formula is C21H28N4O3. The fourth-order valence-corrected chi connectivity index (χ4v) is 4.07. The first-order valence-electron chi connectivity index (χ1n) is 10.2. The summed E-state index contributed by atoms with van der Waals surface area (Å²) < 4.78 is 0. The van der Waals surface area contributed by atoms with Crippen LogP contribution in [0, 0.1) is 0 Å². The second-order valence-corrected chi connectivity index (χ2v) is 8.05. The van der Waals surface area contributed by atoms with Gasteiger partial charge in [0, 0.05) is 56.9 Å². The number of nitrogens with zero attached hydrogens (tertiary/aromatic N) is 3. The fraction of sp³-hybridized carbons (Fsp3) is 0.571. The lowest BCUT2D eigenvalue weighted by Gasteiger charge is -2.37. The quantitative estimate of drug-likeness (QED) is 0.841. The molecule has 1 saturated carbocycles. The van der Waals surface area contributed by atoms with Gasteiger partial charge in [-0.15, -0.1) is 0 Å². The molecule has 1 atom stereocenters. The van der Waals surface area contributed by atoms with Crippen molar-refractivity contribution in [2.75, 3.05) is 37.6 Å². The third-order valence-electron chi connectivity index (χ3n) is 6.05. The minimum Gasteiger partial charge on any atom is -0.352 e. The smallest absolute Gasteiger partial charge is 0.253 e. The standard InChI is InChI=1S/C21H28N4O3/c1-14(20(27)22-18-4-5-18)23-9-11-24(12-10-23)21(28)17-3-6-19-16(13-17)7-8-25(19)15(2)26/h3,6,13-14,18H,4-5,7-12H2,1-2H3,(H,22,27). The molecule has 7 heteroatoms. The van der Waals surface area contributed by atoms with E-state index in [1.54, 1.807) is 11.8 Å². The maximum Gasteiger partial charge on any atom is 0.253 e. The Kier molecular flexibility index (Phi) is 5.10. The average molecular weight is 384 g/mol. The molecule has 0 spiro atoms. The molecule has 2 fully saturated rings. The highest BCUT2D eigenvalue weighted by Crippen LogP contribution is 2.29. The van der Waals surface area contributed by atoms with E-state index < -0.39 is 0 Å². The summed E-state index contributed by atoms with van der Waals surface area (Å²) in [6.07, 6.45) is 2.97. The number of benzene rings is 1. The zero-order chi connectivity index (χ0) is 19.8. The van der Waals surface area contributed by atoms with Gasteiger partial charge in [0.2, 0.25) is 11.8 Å². The summed E-state index contributed by atoms with van der Waals surface area (Å²) in [5, 5.41) is 3.06. The van der Waals surface area contributed by atoms with E-state index in [4.69, 9.17) is 0 Å². The minimum atomic E-state index is -0.157. The predicted molar refractivity (Wildman–Crippen MR) is 106 cm³/mol. The molecule has 1 N–H and O–H groups in total. The van der Waals surface area contributed by atoms with Crippen LogP contribution in [0.3, 0.4) is 0 Å². The largest absolute Gasteiger partial charge is 0.352 e. The zero-order valence-corrected chi connectivity index (χ0v) is 16.6. The third kappa shape index (κ3) is 3.76. The molecule has 2 heterocycles. The van der Waals surface area contributed by atoms with Crippen LogP contribution in [0.15, 0.2) is 18.2 Å². The Labute approximate surface area is 165 Å². The maximum atomic E-state index is 12.9. The first-order chi connectivity index (χ1) is 13.4. The van der Waals surface area contributed by atoms with Gasteiger partial charge in [-0.1, -0.05) is 0 Å². The molecule has 1 saturated heterocycles. The molecular weight excluding hydrogens is 356 g/mol. The average Bonchev–Trinajstić information content (AvgIpc) is 3.41. The zero-order valence-electron chi connectivity index (χ0n) is 16.6. The minimum absolute atomic E-state index is 0.0267. The number of fused-ring (bicyclic) bond motifs is 1. The molecule has 0 radical (unpaired) electrons. The van der Waals surface area contributed by atoms with Gasteiger partial charge in [-0.3, -0.25) is 19.3 Å². The van der Waals surface area contributed by atoms with Crippen LogP contribution in [0.4, 0.5) is 5.69 Å². The number of hydrogen-bond donors (Lipinski definition) is 1. The summed E-state index contributed by atoms with van der Waals surface area (Å²) in [6.45, 7) is 6.84. The fourth-order valence-electron chi connectivity index (χ4n) is 4.07. The second kappa shape index (κ2) is 7.54. The molecule has 3 amide bonds. The third-order valence-corrected chi connectivity index (χ3v) is 6.05. The van der Waals surface area contributed by atoms with E-state index in [0.29, 0.717) is 44.3 Å². The lowest BCUT2D eigenvalue weighted by molar-refractivity contribution is -0.126. The van der Waals surface area contributed by atoms with E-state index in [0.717, 1.165) is 30.5 Å². The number of amides is 3. The highest BCUT2D eigenvalue weighted by molar-refractivity contribution is 5.98. The number of rotatable bonds is 4. The Hall–Kier alpha value is -2.41. The molecule has 28 heavy (non-hydrogen) atoms. The number of piperazine rings is 1. The van der Waals surface area contributed by atoms with Crippen molar-refractivity contribution in [3.63, 3.8) is 0 Å². The topological polar surface area (TPSA) is 73.0 Å². The van der Waals surface area contributed by atoms with Crippen LogP contribution >= 0.6 is 0 Å². The van der Waals surface area contributed by atoms with E-state index in [1.165, 1.54) is 0 Å². The molecule has 7 nitrogen and oxygen atoms in total. The van der Waals surface area contributed by atoms with Crippen molar-refractivity contribution in [1.82, 2.24) is 15.1 Å². The summed E-state index contributed by atoms with van der Waals surface area (Å²) in [5.41, 5.74) is 2.66. The van der Waals surface area contributed by atoms with Crippen LogP contribution in [0.5, 0.6) is 0 Å². The lowest BCUT2D eigenvalue weighted by atomic mass is 10.1. The van der Waals surface area contributed by atoms with Crippen molar-refractivity contribution in [3.05, 3.63) is 29.3 Å². The SMILES string of the molecule is CC(=O)N1CCc2cc(C(=O)N3CCN(C(C)C(=O)NC4CC4)CC3)ccc21. The Balaban J connectivity index is 1.35. The highest BCUT2D eigenvalue weighted by atomic mass is 16.2. The number of carbonyl (C=O) groups excluding carboxylic acids is 3. The predicted octanol–water partition coefficient (Wildman–Crippen LogP) is 1.02. The van der Waals surface area contributed by atoms with Crippen molar-refractivity contribution >= 4 is 23.4 Å². The van der Waals surface area contributed by atoms with Gasteiger partial charge in [-0.2, -0.15) is 0 Å². The molecule has 2 aliphatic heterocycles. The first kappa shape index (κ1) is 18.9. The van der Waals surface area contributed by atoms with Crippen molar-refractivity contribution in [2.24, 2.45) is 0 Å². The van der Waals surface area contributed by atoms with Crippen LogP contribution in [0.1, 0.15) is 42.6 Å². The Morgan fingerprint density at radius 1 is 1.07 bits per heavy atom. The summed E-state index contributed by atoms with van der Waals surface area (Å²) in [4.78, 5) is 42.6. The van der Waals surface area contributed by atoms with Gasteiger partial charge < -0.3 is 15.1 Å². The van der Waals surface area contributed by atoms with E-state index in [2.05, 4.69) is 10.2 Å². The van der Waals surface area contributed by atoms with Crippen molar-refractivity contribution in [1.29, 1.82) is 0 Å². The van der Waals surface area contributed by atoms with Crippen molar-refractivity contribution in [2.45, 2.75) is 45.2 Å². The van der Waals surface area contributed by atoms with E-state index >= 15 is 0 Å². The molecule has 3 aliphatic rings. The molecule has 1 unspecified atom stereocenters. The van der Waals surface area contributed by atoms with E-state index in [9.17, 15) is 14.4 Å². The monoisotopic (exact) mass is 384 g/mol. The van der Waals surface area contributed by atoms with Crippen LogP contribution in [-0.4, -0.2) is 72.3 Å². The molecule has 1 aromatic carbocycles. The Morgan fingerprint density at radius 3 is 2.43 bits per heavy atom. The number of carbonyl (C=O) groups is 3. The van der Waals surface area contributed by atoms with Gasteiger partial charge in [0.25, 0.3) is 5.91 Å². The van der Waals surface area contributed by atoms with Gasteiger partial charge in [0.1, 0.15) is 0 Å². The Morgan fingerprint density at radius 2 is 1.79 bits per heavy atom. The maximum absolute atomic E-state index is 12.9. The van der Waals surface area contributed by atoms with E-state index in [1.807, 2.05) is 30.0 Å². The number of hydrogen-bond acceptors (Lipinski definition) is 4. The highest BCUT2D eigenvalue weighted by Gasteiger charge is 2.31. The summed E-state index contributed by atoms with van der Waals surface area (Å²) in [7, 11) is 0. The van der Waals surface area contributed by atoms with Gasteiger partial charge in [-0.05, 0) is 49.9 Å². The summed E-state index contributed by atoms with van der Waals surface area (Å²) in [5.74, 6) is 0.156. The lowest BCUT2D eigenvalue weighted by Crippen LogP contribution is -2.55. The second-order valence-electron chi connectivity index (χ2n) is 8.05. The van der Waals surface area contributed by atoms with E-state index in [-0.39, 0.29) is 23.8 Å². The first-order valence-corrected chi connectivity index (χ1v) is 10.2. The molecule has 150 valence electrons.